The van der Waals surface area contributed by atoms with Crippen LogP contribution in [0.2, 0.25) is 0 Å². The lowest BCUT2D eigenvalue weighted by atomic mass is 9.89. The molecule has 0 saturated carbocycles. The Hall–Kier alpha value is -0.910. The minimum atomic E-state index is -0.763. The van der Waals surface area contributed by atoms with E-state index < -0.39 is 5.97 Å². The molecular weight excluding hydrogens is 264 g/mol. The van der Waals surface area contributed by atoms with Gasteiger partial charge in [-0.1, -0.05) is 6.92 Å². The van der Waals surface area contributed by atoms with Gasteiger partial charge in [0, 0.05) is 18.6 Å². The number of aliphatic carboxylic acids is 1. The van der Waals surface area contributed by atoms with Crippen molar-refractivity contribution in [3.63, 3.8) is 0 Å². The maximum atomic E-state index is 12.2. The summed E-state index contributed by atoms with van der Waals surface area (Å²) >= 11 is 1.77. The summed E-state index contributed by atoms with van der Waals surface area (Å²) in [6.45, 7) is 2.77. The number of carbonyl (C=O) groups is 2. The first-order valence-electron chi connectivity index (χ1n) is 6.82. The van der Waals surface area contributed by atoms with Crippen molar-refractivity contribution in [1.82, 2.24) is 10.2 Å². The molecule has 2 N–H and O–H groups in total. The molecule has 5 nitrogen and oxygen atoms in total. The van der Waals surface area contributed by atoms with Crippen LogP contribution in [-0.2, 0) is 4.79 Å². The molecule has 0 aromatic carbocycles. The molecule has 108 valence electrons. The van der Waals surface area contributed by atoms with Crippen LogP contribution in [0.5, 0.6) is 0 Å². The Kier molecular flexibility index (Phi) is 4.60. The second kappa shape index (κ2) is 6.03. The van der Waals surface area contributed by atoms with Crippen LogP contribution < -0.4 is 5.32 Å². The van der Waals surface area contributed by atoms with Crippen LogP contribution in [0, 0.1) is 11.8 Å². The summed E-state index contributed by atoms with van der Waals surface area (Å²) in [7, 11) is 0. The molecule has 4 unspecified atom stereocenters. The first kappa shape index (κ1) is 14.5. The second-order valence-corrected chi connectivity index (χ2v) is 6.54. The zero-order chi connectivity index (χ0) is 14.0. The first-order valence-corrected chi connectivity index (χ1v) is 8.22. The van der Waals surface area contributed by atoms with Gasteiger partial charge in [0.2, 0.25) is 0 Å². The molecule has 0 aliphatic carbocycles. The van der Waals surface area contributed by atoms with E-state index in [1.54, 1.807) is 16.7 Å². The summed E-state index contributed by atoms with van der Waals surface area (Å²) < 4.78 is 0. The molecule has 2 rings (SSSR count). The van der Waals surface area contributed by atoms with Crippen molar-refractivity contribution < 1.29 is 14.7 Å². The normalized spacial score (nSPS) is 30.4. The molecule has 0 aromatic heterocycles. The van der Waals surface area contributed by atoms with E-state index in [0.29, 0.717) is 18.9 Å². The molecule has 2 aliphatic rings. The number of carboxylic acid groups (broad SMARTS) is 1. The molecule has 2 amide bonds. The molecule has 4 atom stereocenters. The number of hydrogen-bond donors (Lipinski definition) is 2. The van der Waals surface area contributed by atoms with Crippen molar-refractivity contribution in [1.29, 1.82) is 0 Å². The molecule has 0 aromatic rings. The van der Waals surface area contributed by atoms with Gasteiger partial charge in [-0.2, -0.15) is 11.8 Å². The fraction of sp³-hybridized carbons (Fsp3) is 0.846. The van der Waals surface area contributed by atoms with Crippen molar-refractivity contribution in [2.45, 2.75) is 38.3 Å². The number of carboxylic acids is 1. The van der Waals surface area contributed by atoms with Gasteiger partial charge in [-0.15, -0.1) is 0 Å². The molecule has 2 heterocycles. The highest BCUT2D eigenvalue weighted by Crippen LogP contribution is 2.41. The fourth-order valence-electron chi connectivity index (χ4n) is 3.27. The summed E-state index contributed by atoms with van der Waals surface area (Å²) in [5.74, 6) is 0.327. The number of fused-ring (bicyclic) bond motifs is 2. The smallest absolute Gasteiger partial charge is 0.317 e. The monoisotopic (exact) mass is 286 g/mol. The zero-order valence-electron chi connectivity index (χ0n) is 11.5. The van der Waals surface area contributed by atoms with E-state index >= 15 is 0 Å². The third kappa shape index (κ3) is 2.99. The van der Waals surface area contributed by atoms with Gasteiger partial charge in [-0.25, -0.2) is 4.79 Å². The number of hydrogen-bond acceptors (Lipinski definition) is 3. The van der Waals surface area contributed by atoms with Crippen LogP contribution in [0.15, 0.2) is 0 Å². The van der Waals surface area contributed by atoms with Crippen LogP contribution in [-0.4, -0.2) is 52.6 Å². The zero-order valence-corrected chi connectivity index (χ0v) is 12.3. The van der Waals surface area contributed by atoms with E-state index in [4.69, 9.17) is 5.11 Å². The SMILES string of the molecule is CSCC(C)CNC(=O)N1C2CCC1C(C(=O)O)C2. The highest BCUT2D eigenvalue weighted by Gasteiger charge is 2.51. The highest BCUT2D eigenvalue weighted by atomic mass is 32.2. The fourth-order valence-corrected chi connectivity index (χ4v) is 3.95. The van der Waals surface area contributed by atoms with Crippen molar-refractivity contribution >= 4 is 23.8 Å². The molecule has 0 spiro atoms. The quantitative estimate of drug-likeness (QED) is 0.806. The number of thioether (sulfide) groups is 1. The number of carbonyl (C=O) groups excluding carboxylic acids is 1. The molecule has 2 saturated heterocycles. The topological polar surface area (TPSA) is 69.6 Å². The van der Waals surface area contributed by atoms with Crippen molar-refractivity contribution in [2.75, 3.05) is 18.6 Å². The van der Waals surface area contributed by atoms with Crippen molar-refractivity contribution in [3.05, 3.63) is 0 Å². The number of amides is 2. The minimum Gasteiger partial charge on any atom is -0.481 e. The van der Waals surface area contributed by atoms with Gasteiger partial charge < -0.3 is 15.3 Å². The second-order valence-electron chi connectivity index (χ2n) is 5.63. The van der Waals surface area contributed by atoms with Crippen LogP contribution in [0.3, 0.4) is 0 Å². The Morgan fingerprint density at radius 1 is 1.47 bits per heavy atom. The predicted molar refractivity (Wildman–Crippen MR) is 75.3 cm³/mol. The third-order valence-electron chi connectivity index (χ3n) is 4.14. The Morgan fingerprint density at radius 2 is 2.21 bits per heavy atom. The van der Waals surface area contributed by atoms with E-state index in [1.165, 1.54) is 0 Å². The van der Waals surface area contributed by atoms with Gasteiger partial charge in [-0.05, 0) is 37.2 Å². The van der Waals surface area contributed by atoms with E-state index in [-0.39, 0.29) is 24.0 Å². The van der Waals surface area contributed by atoms with Gasteiger partial charge in [0.15, 0.2) is 0 Å². The van der Waals surface area contributed by atoms with Gasteiger partial charge in [0.25, 0.3) is 0 Å². The van der Waals surface area contributed by atoms with Gasteiger partial charge >= 0.3 is 12.0 Å². The minimum absolute atomic E-state index is 0.0794. The highest BCUT2D eigenvalue weighted by molar-refractivity contribution is 7.98. The maximum absolute atomic E-state index is 12.2. The predicted octanol–water partition coefficient (Wildman–Crippen LogP) is 1.63. The van der Waals surface area contributed by atoms with Crippen LogP contribution in [0.25, 0.3) is 0 Å². The van der Waals surface area contributed by atoms with Crippen LogP contribution in [0.4, 0.5) is 4.79 Å². The standard InChI is InChI=1S/C13H22N2O3S/c1-8(7-19-2)6-14-13(18)15-9-3-4-11(15)10(5-9)12(16)17/h8-11H,3-7H2,1-2H3,(H,14,18)(H,16,17). The van der Waals surface area contributed by atoms with E-state index in [9.17, 15) is 9.59 Å². The van der Waals surface area contributed by atoms with Crippen LogP contribution >= 0.6 is 11.8 Å². The largest absolute Gasteiger partial charge is 0.481 e. The number of nitrogens with zero attached hydrogens (tertiary/aromatic N) is 1. The number of urea groups is 1. The summed E-state index contributed by atoms with van der Waals surface area (Å²) in [6.07, 6.45) is 4.45. The van der Waals surface area contributed by atoms with Crippen LogP contribution in [0.1, 0.15) is 26.2 Å². The Labute approximate surface area is 118 Å². The number of nitrogens with one attached hydrogen (secondary N) is 1. The van der Waals surface area contributed by atoms with E-state index in [2.05, 4.69) is 18.5 Å². The average molecular weight is 286 g/mol. The molecule has 6 heteroatoms. The van der Waals surface area contributed by atoms with E-state index in [1.807, 2.05) is 0 Å². The summed E-state index contributed by atoms with van der Waals surface area (Å²) in [6, 6.07) is -0.0514. The third-order valence-corrected chi connectivity index (χ3v) is 5.04. The lowest BCUT2D eigenvalue weighted by molar-refractivity contribution is -0.142. The summed E-state index contributed by atoms with van der Waals surface area (Å²) in [5.41, 5.74) is 0. The first-order chi connectivity index (χ1) is 9.04. The summed E-state index contributed by atoms with van der Waals surface area (Å²) in [4.78, 5) is 25.1. The Morgan fingerprint density at radius 3 is 2.79 bits per heavy atom. The average Bonchev–Trinajstić information content (AvgIpc) is 2.93. The number of rotatable bonds is 5. The Balaban J connectivity index is 1.88. The van der Waals surface area contributed by atoms with Gasteiger partial charge in [-0.3, -0.25) is 4.79 Å². The van der Waals surface area contributed by atoms with Crippen molar-refractivity contribution in [2.24, 2.45) is 11.8 Å². The maximum Gasteiger partial charge on any atom is 0.317 e. The van der Waals surface area contributed by atoms with Crippen molar-refractivity contribution in [3.8, 4) is 0 Å². The van der Waals surface area contributed by atoms with Gasteiger partial charge in [0.1, 0.15) is 0 Å². The molecule has 0 radical (unpaired) electrons. The molecular formula is C13H22N2O3S. The lowest BCUT2D eigenvalue weighted by Crippen LogP contribution is -2.45. The van der Waals surface area contributed by atoms with Gasteiger partial charge in [0.05, 0.1) is 5.92 Å². The van der Waals surface area contributed by atoms with E-state index in [0.717, 1.165) is 18.6 Å². The molecule has 19 heavy (non-hydrogen) atoms. The molecule has 2 bridgehead atoms. The molecule has 2 fully saturated rings. The molecule has 2 aliphatic heterocycles. The lowest BCUT2D eigenvalue weighted by Gasteiger charge is -2.24. The Bertz CT molecular complexity index is 364. The summed E-state index contributed by atoms with van der Waals surface area (Å²) in [5, 5.41) is 12.1.